The average molecular weight is 965 g/mol. The van der Waals surface area contributed by atoms with Gasteiger partial charge >= 0.3 is 17.9 Å². The number of piperidine rings is 2. The molecule has 9 aliphatic rings. The van der Waals surface area contributed by atoms with Crippen molar-refractivity contribution < 1.29 is 43.2 Å². The standard InChI is InChI=1S/C55H72N4O9S/c1-8-50(63)31-36-32-52(48(61)65-6,41-27-37-15-16-38(69-26-14-22-57-20-11-10-12-21-57)28-40(37)39(41)17-24-58(33-36)34-50)43-29-42-44(30-45(43)64-5)56(4)55-53(42)19-25-59-23-13-18-51(9-2,46(53)59)47(67-35(3)60)54(55,68-55)49(62)66-7/h13,15-16,18,28-30,36,46-47,63H,8-12,14,17,19-27,31-34H2,1-7H3/t36-,46+,47-,50+,51-,52-,53-,54+,55+/m1/s1. The molecule has 5 fully saturated rings. The number of nitrogens with zero attached hydrogens (tertiary/aromatic N) is 4. The fourth-order valence-electron chi connectivity index (χ4n) is 16.0. The zero-order valence-corrected chi connectivity index (χ0v) is 42.6. The number of carbonyl (C=O) groups excluding carboxylic acids is 3. The molecule has 2 aliphatic carbocycles. The highest BCUT2D eigenvalue weighted by Gasteiger charge is 2.98. The molecule has 1 saturated carbocycles. The number of likely N-dealkylation sites (tertiary alicyclic amines) is 1. The second kappa shape index (κ2) is 17.1. The summed E-state index contributed by atoms with van der Waals surface area (Å²) in [6, 6.07) is 11.0. The summed E-state index contributed by atoms with van der Waals surface area (Å²) in [5.74, 6) is 0.131. The highest BCUT2D eigenvalue weighted by atomic mass is 32.2. The van der Waals surface area contributed by atoms with Gasteiger partial charge in [-0.3, -0.25) is 19.4 Å². The second-order valence-electron chi connectivity index (χ2n) is 21.9. The molecule has 14 heteroatoms. The summed E-state index contributed by atoms with van der Waals surface area (Å²) in [7, 11) is 6.52. The third-order valence-electron chi connectivity index (χ3n) is 18.8. The molecule has 1 unspecified atom stereocenters. The summed E-state index contributed by atoms with van der Waals surface area (Å²) in [6.45, 7) is 12.6. The molecule has 10 atom stereocenters. The van der Waals surface area contributed by atoms with Gasteiger partial charge in [-0.1, -0.05) is 38.5 Å². The number of fused-ring (bicyclic) bond motifs is 5. The van der Waals surface area contributed by atoms with Gasteiger partial charge in [0.1, 0.15) is 11.2 Å². The van der Waals surface area contributed by atoms with Crippen LogP contribution in [-0.4, -0.2) is 153 Å². The minimum Gasteiger partial charge on any atom is -0.496 e. The summed E-state index contributed by atoms with van der Waals surface area (Å²) < 4.78 is 32.0. The largest absolute Gasteiger partial charge is 0.496 e. The Labute approximate surface area is 412 Å². The van der Waals surface area contributed by atoms with Crippen molar-refractivity contribution in [2.24, 2.45) is 11.3 Å². The number of rotatable bonds is 12. The van der Waals surface area contributed by atoms with Crippen LogP contribution in [0.3, 0.4) is 0 Å². The van der Waals surface area contributed by atoms with Gasteiger partial charge in [0.15, 0.2) is 11.8 Å². The minimum absolute atomic E-state index is 0.0503. The molecule has 2 bridgehead atoms. The van der Waals surface area contributed by atoms with Gasteiger partial charge < -0.3 is 38.6 Å². The summed E-state index contributed by atoms with van der Waals surface area (Å²) in [4.78, 5) is 54.5. The monoisotopic (exact) mass is 965 g/mol. The summed E-state index contributed by atoms with van der Waals surface area (Å²) in [6.07, 6.45) is 12.5. The highest BCUT2D eigenvalue weighted by molar-refractivity contribution is 7.99. The lowest BCUT2D eigenvalue weighted by atomic mass is 9.49. The van der Waals surface area contributed by atoms with Crippen LogP contribution in [0, 0.1) is 11.3 Å². The van der Waals surface area contributed by atoms with E-state index in [1.807, 2.05) is 18.8 Å². The third-order valence-corrected chi connectivity index (χ3v) is 19.8. The van der Waals surface area contributed by atoms with Crippen molar-refractivity contribution in [1.29, 1.82) is 0 Å². The molecule has 7 heterocycles. The maximum atomic E-state index is 15.8. The Morgan fingerprint density at radius 3 is 2.46 bits per heavy atom. The first-order valence-electron chi connectivity index (χ1n) is 25.8. The lowest BCUT2D eigenvalue weighted by Gasteiger charge is -2.58. The van der Waals surface area contributed by atoms with Crippen molar-refractivity contribution in [2.45, 2.75) is 136 Å². The number of anilines is 1. The Morgan fingerprint density at radius 1 is 0.942 bits per heavy atom. The first-order valence-corrected chi connectivity index (χ1v) is 26.8. The number of thioether (sulfide) groups is 1. The molecule has 2 aromatic rings. The van der Waals surface area contributed by atoms with Crippen molar-refractivity contribution in [3.05, 3.63) is 70.3 Å². The molecule has 0 amide bonds. The zero-order valence-electron chi connectivity index (χ0n) is 41.8. The number of likely N-dealkylation sites (N-methyl/N-ethyl adjacent to an activating group) is 1. The molecule has 1 N–H and O–H groups in total. The van der Waals surface area contributed by atoms with E-state index in [1.54, 1.807) is 7.11 Å². The molecular formula is C55H72N4O9S. The number of hydrogen-bond acceptors (Lipinski definition) is 14. The van der Waals surface area contributed by atoms with Crippen LogP contribution in [0.25, 0.3) is 5.57 Å². The van der Waals surface area contributed by atoms with Crippen molar-refractivity contribution in [1.82, 2.24) is 14.7 Å². The van der Waals surface area contributed by atoms with E-state index in [9.17, 15) is 14.7 Å². The average Bonchev–Trinajstić information content (AvgIpc) is 3.60. The number of epoxide rings is 1. The first kappa shape index (κ1) is 47.4. The minimum atomic E-state index is -1.65. The van der Waals surface area contributed by atoms with Crippen LogP contribution in [0.4, 0.5) is 5.69 Å². The van der Waals surface area contributed by atoms with E-state index in [0.29, 0.717) is 57.4 Å². The fourth-order valence-corrected chi connectivity index (χ4v) is 16.9. The summed E-state index contributed by atoms with van der Waals surface area (Å²) in [5.41, 5.74) is 0.382. The molecule has 11 rings (SSSR count). The zero-order chi connectivity index (χ0) is 48.3. The van der Waals surface area contributed by atoms with E-state index < -0.39 is 51.2 Å². The number of aliphatic hydroxyl groups is 1. The molecular weight excluding hydrogens is 893 g/mol. The molecule has 0 aromatic heterocycles. The van der Waals surface area contributed by atoms with Crippen LogP contribution >= 0.6 is 11.8 Å². The van der Waals surface area contributed by atoms with Gasteiger partial charge in [-0.05, 0) is 148 Å². The van der Waals surface area contributed by atoms with E-state index in [-0.39, 0.29) is 17.9 Å². The van der Waals surface area contributed by atoms with Crippen LogP contribution in [0.2, 0.25) is 0 Å². The van der Waals surface area contributed by atoms with Crippen LogP contribution in [0.1, 0.15) is 107 Å². The van der Waals surface area contributed by atoms with Crippen LogP contribution in [0.15, 0.2) is 53.0 Å². The number of hydrogen-bond donors (Lipinski definition) is 1. The molecule has 0 radical (unpaired) electrons. The van der Waals surface area contributed by atoms with Gasteiger partial charge in [-0.25, -0.2) is 4.79 Å². The van der Waals surface area contributed by atoms with Gasteiger partial charge in [0.2, 0.25) is 0 Å². The fraction of sp³-hybridized carbons (Fsp3) is 0.655. The van der Waals surface area contributed by atoms with Gasteiger partial charge in [-0.15, -0.1) is 11.8 Å². The van der Waals surface area contributed by atoms with Crippen LogP contribution in [0.5, 0.6) is 5.75 Å². The molecule has 372 valence electrons. The lowest BCUT2D eigenvalue weighted by Crippen LogP contribution is -2.75. The van der Waals surface area contributed by atoms with E-state index in [2.05, 4.69) is 75.9 Å². The SMILES string of the molecule is CC[C@]1(O)C[C@H]2CN(CCC3=C(Cc4ccc(SCCCN5CCCCC5)cc43)[C@@](C(=O)OC)(c3cc4c(cc3OC)N(C)[C@@]35O[C@]3(C(=O)OC)[C@H](OC(C)=O)[C@]3(CC)C=CCN6CC[C@]45[C@@H]63)C2)C1. The maximum absolute atomic E-state index is 15.8. The Hall–Kier alpha value is -3.92. The number of ether oxygens (including phenoxy) is 5. The number of methoxy groups -OCH3 is 3. The predicted octanol–water partition coefficient (Wildman–Crippen LogP) is 6.65. The van der Waals surface area contributed by atoms with Crippen molar-refractivity contribution in [3.8, 4) is 5.75 Å². The second-order valence-corrected chi connectivity index (χ2v) is 23.0. The summed E-state index contributed by atoms with van der Waals surface area (Å²) in [5, 5.41) is 12.2. The van der Waals surface area contributed by atoms with Crippen LogP contribution < -0.4 is 9.64 Å². The van der Waals surface area contributed by atoms with E-state index in [1.165, 1.54) is 75.1 Å². The van der Waals surface area contributed by atoms with Gasteiger partial charge in [-0.2, -0.15) is 0 Å². The third kappa shape index (κ3) is 6.49. The molecule has 69 heavy (non-hydrogen) atoms. The van der Waals surface area contributed by atoms with Gasteiger partial charge in [0.05, 0.1) is 32.3 Å². The van der Waals surface area contributed by atoms with Gasteiger partial charge in [0, 0.05) is 73.8 Å². The maximum Gasteiger partial charge on any atom is 0.347 e. The lowest BCUT2D eigenvalue weighted by molar-refractivity contribution is -0.178. The topological polar surface area (TPSA) is 134 Å². The van der Waals surface area contributed by atoms with E-state index in [0.717, 1.165) is 67.2 Å². The van der Waals surface area contributed by atoms with Crippen molar-refractivity contribution >= 4 is 40.9 Å². The highest BCUT2D eigenvalue weighted by Crippen LogP contribution is 2.80. The molecule has 7 aliphatic heterocycles. The quantitative estimate of drug-likeness (QED) is 0.0608. The van der Waals surface area contributed by atoms with Crippen molar-refractivity contribution in [2.75, 3.05) is 91.4 Å². The Bertz CT molecular complexity index is 2510. The number of benzene rings is 2. The number of carbonyl (C=O) groups is 3. The molecule has 13 nitrogen and oxygen atoms in total. The Kier molecular flexibility index (Phi) is 11.8. The van der Waals surface area contributed by atoms with E-state index in [4.69, 9.17) is 23.7 Å². The van der Waals surface area contributed by atoms with E-state index >= 15 is 4.79 Å². The Morgan fingerprint density at radius 2 is 1.74 bits per heavy atom. The smallest absolute Gasteiger partial charge is 0.347 e. The summed E-state index contributed by atoms with van der Waals surface area (Å²) >= 11 is 1.92. The van der Waals surface area contributed by atoms with Crippen molar-refractivity contribution in [3.63, 3.8) is 0 Å². The van der Waals surface area contributed by atoms with Crippen LogP contribution in [-0.2, 0) is 50.6 Å². The molecule has 2 spiro atoms. The first-order chi connectivity index (χ1) is 33.3. The molecule has 2 aromatic carbocycles. The molecule has 4 saturated heterocycles. The number of esters is 3. The normalized spacial score (nSPS) is 37.2. The van der Waals surface area contributed by atoms with Gasteiger partial charge in [0.25, 0.3) is 5.60 Å². The Balaban J connectivity index is 1.11. The predicted molar refractivity (Wildman–Crippen MR) is 264 cm³/mol.